The standard InChI is InChI=1S/C25H30N8O3/c1-6-32(7-2)24(35)33-13-17(20-21(26)27-14-28-22(20)33)15-8-10-16(11-9-15)29-23(34)30-19-12-18(36-31-19)25(3,4)5/h8-14H,6-7H2,1-5H3,(H2,26,27,28)(H2,29,30,31,34). The van der Waals surface area contributed by atoms with Gasteiger partial charge in [0.2, 0.25) is 0 Å². The Morgan fingerprint density at radius 3 is 2.39 bits per heavy atom. The second-order valence-electron chi connectivity index (χ2n) is 9.31. The van der Waals surface area contributed by atoms with Crippen LogP contribution in [-0.2, 0) is 5.41 Å². The van der Waals surface area contributed by atoms with E-state index < -0.39 is 6.03 Å². The Labute approximate surface area is 208 Å². The minimum Gasteiger partial charge on any atom is -0.383 e. The van der Waals surface area contributed by atoms with Gasteiger partial charge in [-0.05, 0) is 31.5 Å². The van der Waals surface area contributed by atoms with Crippen LogP contribution in [0.15, 0.2) is 47.4 Å². The van der Waals surface area contributed by atoms with Crippen LogP contribution in [0.1, 0.15) is 40.4 Å². The number of nitrogens with two attached hydrogens (primary N) is 1. The lowest BCUT2D eigenvalue weighted by Crippen LogP contribution is -2.34. The van der Waals surface area contributed by atoms with Gasteiger partial charge in [0.25, 0.3) is 0 Å². The molecule has 0 unspecified atom stereocenters. The monoisotopic (exact) mass is 490 g/mol. The fraction of sp³-hybridized carbons (Fsp3) is 0.320. The summed E-state index contributed by atoms with van der Waals surface area (Å²) in [5, 5.41) is 9.92. The van der Waals surface area contributed by atoms with Crippen LogP contribution in [0.5, 0.6) is 0 Å². The molecule has 36 heavy (non-hydrogen) atoms. The first-order valence-corrected chi connectivity index (χ1v) is 11.7. The molecule has 11 heteroatoms. The van der Waals surface area contributed by atoms with E-state index in [9.17, 15) is 9.59 Å². The third-order valence-electron chi connectivity index (χ3n) is 5.80. The van der Waals surface area contributed by atoms with Crippen LogP contribution in [-0.4, -0.2) is 49.7 Å². The highest BCUT2D eigenvalue weighted by atomic mass is 16.5. The lowest BCUT2D eigenvalue weighted by Gasteiger charge is -2.18. The van der Waals surface area contributed by atoms with Crippen molar-refractivity contribution in [1.29, 1.82) is 0 Å². The average molecular weight is 491 g/mol. The minimum absolute atomic E-state index is 0.188. The first-order valence-electron chi connectivity index (χ1n) is 11.7. The molecular formula is C25H30N8O3. The van der Waals surface area contributed by atoms with Gasteiger partial charge in [-0.1, -0.05) is 38.1 Å². The molecule has 3 aromatic heterocycles. The van der Waals surface area contributed by atoms with E-state index in [1.54, 1.807) is 29.3 Å². The molecule has 11 nitrogen and oxygen atoms in total. The Bertz CT molecular complexity index is 1400. The zero-order chi connectivity index (χ0) is 26.0. The Morgan fingerprint density at radius 1 is 1.08 bits per heavy atom. The van der Waals surface area contributed by atoms with Crippen molar-refractivity contribution in [2.24, 2.45) is 0 Å². The summed E-state index contributed by atoms with van der Waals surface area (Å²) in [7, 11) is 0. The first-order chi connectivity index (χ1) is 17.1. The highest BCUT2D eigenvalue weighted by Crippen LogP contribution is 2.33. The number of amides is 3. The van der Waals surface area contributed by atoms with Crippen molar-refractivity contribution in [2.75, 3.05) is 29.5 Å². The fourth-order valence-corrected chi connectivity index (χ4v) is 3.80. The molecule has 0 bridgehead atoms. The Kier molecular flexibility index (Phi) is 6.65. The summed E-state index contributed by atoms with van der Waals surface area (Å²) >= 11 is 0. The van der Waals surface area contributed by atoms with E-state index in [1.165, 1.54) is 10.9 Å². The van der Waals surface area contributed by atoms with Gasteiger partial charge in [0.15, 0.2) is 11.5 Å². The van der Waals surface area contributed by atoms with Crippen LogP contribution < -0.4 is 16.4 Å². The molecule has 0 saturated carbocycles. The van der Waals surface area contributed by atoms with Crippen molar-refractivity contribution >= 4 is 40.4 Å². The molecule has 0 spiro atoms. The van der Waals surface area contributed by atoms with Gasteiger partial charge in [-0.25, -0.2) is 19.6 Å². The van der Waals surface area contributed by atoms with Crippen molar-refractivity contribution < 1.29 is 14.1 Å². The quantitative estimate of drug-likeness (QED) is 0.360. The maximum absolute atomic E-state index is 13.1. The molecule has 0 fully saturated rings. The number of carbonyl (C=O) groups excluding carboxylic acids is 2. The maximum atomic E-state index is 13.1. The Hall–Kier alpha value is -4.41. The lowest BCUT2D eigenvalue weighted by atomic mass is 9.93. The van der Waals surface area contributed by atoms with Gasteiger partial charge >= 0.3 is 12.1 Å². The number of fused-ring (bicyclic) bond motifs is 1. The molecule has 0 aliphatic carbocycles. The summed E-state index contributed by atoms with van der Waals surface area (Å²) in [5.41, 5.74) is 8.49. The van der Waals surface area contributed by atoms with Crippen molar-refractivity contribution in [3.8, 4) is 11.1 Å². The van der Waals surface area contributed by atoms with Gasteiger partial charge in [-0.3, -0.25) is 9.88 Å². The predicted octanol–water partition coefficient (Wildman–Crippen LogP) is 4.92. The van der Waals surface area contributed by atoms with E-state index in [-0.39, 0.29) is 17.3 Å². The molecule has 1 aromatic carbocycles. The molecule has 0 aliphatic rings. The lowest BCUT2D eigenvalue weighted by molar-refractivity contribution is 0.206. The number of nitrogen functional groups attached to an aromatic ring is 1. The van der Waals surface area contributed by atoms with E-state index >= 15 is 0 Å². The molecule has 0 atom stereocenters. The molecular weight excluding hydrogens is 460 g/mol. The number of benzene rings is 1. The number of nitrogens with zero attached hydrogens (tertiary/aromatic N) is 5. The smallest absolute Gasteiger partial charge is 0.329 e. The van der Waals surface area contributed by atoms with Crippen LogP contribution in [0.2, 0.25) is 0 Å². The summed E-state index contributed by atoms with van der Waals surface area (Å²) in [6, 6.07) is 8.24. The first kappa shape index (κ1) is 24.7. The summed E-state index contributed by atoms with van der Waals surface area (Å²) in [5.74, 6) is 1.28. The third-order valence-corrected chi connectivity index (χ3v) is 5.80. The van der Waals surface area contributed by atoms with E-state index in [0.717, 1.165) is 11.1 Å². The topological polar surface area (TPSA) is 144 Å². The summed E-state index contributed by atoms with van der Waals surface area (Å²) in [6.07, 6.45) is 3.07. The number of nitrogens with one attached hydrogen (secondary N) is 2. The SMILES string of the molecule is CCN(CC)C(=O)n1cc(-c2ccc(NC(=O)Nc3cc(C(C)(C)C)on3)cc2)c2c(N)ncnc21. The number of rotatable bonds is 5. The average Bonchev–Trinajstić information content (AvgIpc) is 3.46. The number of hydrogen-bond donors (Lipinski definition) is 3. The molecule has 0 aliphatic heterocycles. The van der Waals surface area contributed by atoms with Crippen LogP contribution in [0, 0.1) is 0 Å². The van der Waals surface area contributed by atoms with Crippen LogP contribution in [0.25, 0.3) is 22.2 Å². The van der Waals surface area contributed by atoms with Crippen molar-refractivity contribution in [1.82, 2.24) is 24.6 Å². The number of urea groups is 1. The Morgan fingerprint density at radius 2 is 1.78 bits per heavy atom. The summed E-state index contributed by atoms with van der Waals surface area (Å²) in [6.45, 7) is 11.0. The molecule has 0 radical (unpaired) electrons. The van der Waals surface area contributed by atoms with Crippen molar-refractivity contribution in [3.05, 3.63) is 48.6 Å². The van der Waals surface area contributed by atoms with Crippen LogP contribution in [0.3, 0.4) is 0 Å². The van der Waals surface area contributed by atoms with E-state index in [1.807, 2.05) is 46.8 Å². The van der Waals surface area contributed by atoms with Crippen LogP contribution >= 0.6 is 0 Å². The van der Waals surface area contributed by atoms with Gasteiger partial charge in [-0.2, -0.15) is 0 Å². The highest BCUT2D eigenvalue weighted by molar-refractivity contribution is 6.05. The fourth-order valence-electron chi connectivity index (χ4n) is 3.80. The number of anilines is 3. The predicted molar refractivity (Wildman–Crippen MR) is 139 cm³/mol. The number of hydrogen-bond acceptors (Lipinski definition) is 7. The zero-order valence-electron chi connectivity index (χ0n) is 21.0. The summed E-state index contributed by atoms with van der Waals surface area (Å²) < 4.78 is 6.79. The third kappa shape index (κ3) is 4.85. The van der Waals surface area contributed by atoms with Gasteiger partial charge in [0.05, 0.1) is 5.39 Å². The molecule has 4 rings (SSSR count). The Balaban J connectivity index is 1.57. The van der Waals surface area contributed by atoms with Crippen LogP contribution in [0.4, 0.5) is 26.9 Å². The molecule has 4 N–H and O–H groups in total. The molecule has 0 saturated heterocycles. The normalized spacial score (nSPS) is 11.5. The maximum Gasteiger partial charge on any atom is 0.329 e. The highest BCUT2D eigenvalue weighted by Gasteiger charge is 2.22. The molecule has 3 amide bonds. The van der Waals surface area contributed by atoms with E-state index in [2.05, 4.69) is 25.8 Å². The summed E-state index contributed by atoms with van der Waals surface area (Å²) in [4.78, 5) is 35.6. The molecule has 3 heterocycles. The second kappa shape index (κ2) is 9.68. The van der Waals surface area contributed by atoms with Crippen molar-refractivity contribution in [2.45, 2.75) is 40.0 Å². The van der Waals surface area contributed by atoms with Gasteiger partial charge in [0.1, 0.15) is 17.9 Å². The van der Waals surface area contributed by atoms with E-state index in [4.69, 9.17) is 10.3 Å². The number of carbonyl (C=O) groups is 2. The minimum atomic E-state index is -0.449. The van der Waals surface area contributed by atoms with Gasteiger partial charge in [-0.15, -0.1) is 0 Å². The van der Waals surface area contributed by atoms with Crippen molar-refractivity contribution in [3.63, 3.8) is 0 Å². The van der Waals surface area contributed by atoms with E-state index in [0.29, 0.717) is 41.4 Å². The number of aromatic nitrogens is 4. The van der Waals surface area contributed by atoms with Gasteiger partial charge in [0, 0.05) is 42.0 Å². The van der Waals surface area contributed by atoms with Gasteiger partial charge < -0.3 is 20.5 Å². The zero-order valence-corrected chi connectivity index (χ0v) is 21.0. The second-order valence-corrected chi connectivity index (χ2v) is 9.31. The largest absolute Gasteiger partial charge is 0.383 e. The molecule has 4 aromatic rings. The molecule has 188 valence electrons.